The summed E-state index contributed by atoms with van der Waals surface area (Å²) in [6, 6.07) is 0. The van der Waals surface area contributed by atoms with E-state index < -0.39 is 19.1 Å². The van der Waals surface area contributed by atoms with Gasteiger partial charge in [-0.3, -0.25) is 9.42 Å². The van der Waals surface area contributed by atoms with Gasteiger partial charge in [-0.15, -0.1) is 13.2 Å². The van der Waals surface area contributed by atoms with Gasteiger partial charge in [0, 0.05) is 11.3 Å². The third-order valence-corrected chi connectivity index (χ3v) is 2.73. The Balaban J connectivity index is 2.74. The zero-order chi connectivity index (χ0) is 13.9. The monoisotopic (exact) mass is 266 g/mol. The number of nitrogens with zero attached hydrogens (tertiary/aromatic N) is 2. The van der Waals surface area contributed by atoms with Gasteiger partial charge in [-0.25, -0.2) is 0 Å². The number of alkyl halides is 3. The molecule has 7 heteroatoms. The first-order chi connectivity index (χ1) is 8.26. The highest BCUT2D eigenvalue weighted by molar-refractivity contribution is 5.26. The van der Waals surface area contributed by atoms with Gasteiger partial charge in [0.05, 0.1) is 24.9 Å². The lowest BCUT2D eigenvalue weighted by Gasteiger charge is -2.10. The van der Waals surface area contributed by atoms with Crippen LogP contribution in [0.25, 0.3) is 0 Å². The van der Waals surface area contributed by atoms with Crippen LogP contribution >= 0.6 is 0 Å². The highest BCUT2D eigenvalue weighted by Gasteiger charge is 2.29. The standard InChI is InChI=1S/C11H17F3N2O2/c1-4-9(17)10-7(2)15-16(8(10)3)5-6-18-11(12,13)14/h9,17H,4-6H2,1-3H3. The van der Waals surface area contributed by atoms with Gasteiger partial charge >= 0.3 is 6.36 Å². The molecular weight excluding hydrogens is 249 g/mol. The number of aliphatic hydroxyl groups is 1. The van der Waals surface area contributed by atoms with E-state index in [-0.39, 0.29) is 6.54 Å². The Morgan fingerprint density at radius 3 is 2.50 bits per heavy atom. The Morgan fingerprint density at radius 2 is 2.00 bits per heavy atom. The van der Waals surface area contributed by atoms with E-state index in [1.807, 2.05) is 6.92 Å². The third-order valence-electron chi connectivity index (χ3n) is 2.73. The summed E-state index contributed by atoms with van der Waals surface area (Å²) in [5.41, 5.74) is 1.99. The Bertz CT molecular complexity index is 402. The topological polar surface area (TPSA) is 47.3 Å². The van der Waals surface area contributed by atoms with Crippen molar-refractivity contribution in [1.29, 1.82) is 0 Å². The van der Waals surface area contributed by atoms with Crippen LogP contribution in [-0.4, -0.2) is 27.9 Å². The smallest absolute Gasteiger partial charge is 0.388 e. The number of halogens is 3. The highest BCUT2D eigenvalue weighted by atomic mass is 19.4. The SMILES string of the molecule is CCC(O)c1c(C)nn(CCOC(F)(F)F)c1C. The van der Waals surface area contributed by atoms with E-state index in [2.05, 4.69) is 9.84 Å². The molecule has 0 aromatic carbocycles. The van der Waals surface area contributed by atoms with Crippen LogP contribution in [0, 0.1) is 13.8 Å². The van der Waals surface area contributed by atoms with E-state index in [1.165, 1.54) is 4.68 Å². The molecule has 1 unspecified atom stereocenters. The lowest BCUT2D eigenvalue weighted by atomic mass is 10.1. The molecule has 0 bridgehead atoms. The molecule has 1 heterocycles. The van der Waals surface area contributed by atoms with Crippen LogP contribution in [0.2, 0.25) is 0 Å². The summed E-state index contributed by atoms with van der Waals surface area (Å²) in [7, 11) is 0. The van der Waals surface area contributed by atoms with Crippen LogP contribution in [-0.2, 0) is 11.3 Å². The molecule has 0 aliphatic carbocycles. The minimum absolute atomic E-state index is 0.00260. The summed E-state index contributed by atoms with van der Waals surface area (Å²) >= 11 is 0. The van der Waals surface area contributed by atoms with E-state index >= 15 is 0 Å². The first-order valence-corrected chi connectivity index (χ1v) is 5.69. The maximum Gasteiger partial charge on any atom is 0.522 e. The zero-order valence-corrected chi connectivity index (χ0v) is 10.6. The molecule has 0 saturated carbocycles. The van der Waals surface area contributed by atoms with Gasteiger partial charge in [-0.05, 0) is 20.3 Å². The molecule has 1 N–H and O–H groups in total. The minimum Gasteiger partial charge on any atom is -0.388 e. The molecule has 4 nitrogen and oxygen atoms in total. The summed E-state index contributed by atoms with van der Waals surface area (Å²) in [5, 5.41) is 13.9. The van der Waals surface area contributed by atoms with Crippen LogP contribution in [0.1, 0.15) is 36.4 Å². The van der Waals surface area contributed by atoms with Crippen molar-refractivity contribution in [3.8, 4) is 0 Å². The van der Waals surface area contributed by atoms with Crippen molar-refractivity contribution < 1.29 is 23.0 Å². The van der Waals surface area contributed by atoms with Gasteiger partial charge in [-0.1, -0.05) is 6.92 Å². The van der Waals surface area contributed by atoms with Crippen LogP contribution < -0.4 is 0 Å². The minimum atomic E-state index is -4.62. The fraction of sp³-hybridized carbons (Fsp3) is 0.727. The number of aryl methyl sites for hydroxylation is 1. The van der Waals surface area contributed by atoms with Crippen LogP contribution in [0.4, 0.5) is 13.2 Å². The first kappa shape index (κ1) is 15.0. The Labute approximate surface area is 103 Å². The maximum atomic E-state index is 11.8. The van der Waals surface area contributed by atoms with Gasteiger partial charge in [0.15, 0.2) is 0 Å². The van der Waals surface area contributed by atoms with Gasteiger partial charge in [-0.2, -0.15) is 5.10 Å². The number of rotatable bonds is 5. The molecule has 1 atom stereocenters. The average Bonchev–Trinajstić information content (AvgIpc) is 2.52. The molecule has 0 radical (unpaired) electrons. The molecule has 104 valence electrons. The van der Waals surface area contributed by atoms with Crippen molar-refractivity contribution in [3.63, 3.8) is 0 Å². The summed E-state index contributed by atoms with van der Waals surface area (Å²) in [6.07, 6.45) is -4.73. The second-order valence-corrected chi connectivity index (χ2v) is 4.03. The van der Waals surface area contributed by atoms with Gasteiger partial charge < -0.3 is 5.11 Å². The number of ether oxygens (including phenoxy) is 1. The first-order valence-electron chi connectivity index (χ1n) is 5.69. The largest absolute Gasteiger partial charge is 0.522 e. The Hall–Kier alpha value is -1.08. The van der Waals surface area contributed by atoms with Gasteiger partial charge in [0.25, 0.3) is 0 Å². The lowest BCUT2D eigenvalue weighted by molar-refractivity contribution is -0.325. The molecule has 0 spiro atoms. The lowest BCUT2D eigenvalue weighted by Crippen LogP contribution is -2.18. The summed E-state index contributed by atoms with van der Waals surface area (Å²) in [4.78, 5) is 0. The summed E-state index contributed by atoms with van der Waals surface area (Å²) in [6.45, 7) is 4.79. The van der Waals surface area contributed by atoms with E-state index in [0.717, 1.165) is 0 Å². The summed E-state index contributed by atoms with van der Waals surface area (Å²) < 4.78 is 40.6. The normalized spacial score (nSPS) is 13.9. The zero-order valence-electron chi connectivity index (χ0n) is 10.6. The molecule has 0 aliphatic heterocycles. The third kappa shape index (κ3) is 3.71. The number of aliphatic hydroxyl groups excluding tert-OH is 1. The number of hydrogen-bond donors (Lipinski definition) is 1. The summed E-state index contributed by atoms with van der Waals surface area (Å²) in [5.74, 6) is 0. The van der Waals surface area contributed by atoms with Crippen molar-refractivity contribution in [2.75, 3.05) is 6.61 Å². The quantitative estimate of drug-likeness (QED) is 0.890. The van der Waals surface area contributed by atoms with Crippen molar-refractivity contribution in [1.82, 2.24) is 9.78 Å². The second kappa shape index (κ2) is 5.71. The van der Waals surface area contributed by atoms with Crippen LogP contribution in [0.3, 0.4) is 0 Å². The molecule has 0 saturated heterocycles. The van der Waals surface area contributed by atoms with Crippen molar-refractivity contribution >= 4 is 0 Å². The number of aromatic nitrogens is 2. The Morgan fingerprint density at radius 1 is 1.39 bits per heavy atom. The Kier molecular flexibility index (Phi) is 4.75. The molecule has 0 amide bonds. The van der Waals surface area contributed by atoms with Gasteiger partial charge in [0.2, 0.25) is 0 Å². The van der Waals surface area contributed by atoms with E-state index in [0.29, 0.717) is 23.4 Å². The predicted octanol–water partition coefficient (Wildman–Crippen LogP) is 2.48. The van der Waals surface area contributed by atoms with Crippen LogP contribution in [0.15, 0.2) is 0 Å². The van der Waals surface area contributed by atoms with Crippen molar-refractivity contribution in [2.24, 2.45) is 0 Å². The van der Waals surface area contributed by atoms with E-state index in [4.69, 9.17) is 0 Å². The molecule has 1 rings (SSSR count). The molecule has 1 aromatic heterocycles. The fourth-order valence-corrected chi connectivity index (χ4v) is 1.86. The van der Waals surface area contributed by atoms with Gasteiger partial charge in [0.1, 0.15) is 0 Å². The highest BCUT2D eigenvalue weighted by Crippen LogP contribution is 2.24. The molecule has 1 aromatic rings. The molecule has 0 fully saturated rings. The average molecular weight is 266 g/mol. The molecule has 0 aliphatic rings. The second-order valence-electron chi connectivity index (χ2n) is 4.03. The number of hydrogen-bond acceptors (Lipinski definition) is 3. The predicted molar refractivity (Wildman–Crippen MR) is 59.0 cm³/mol. The van der Waals surface area contributed by atoms with E-state index in [1.54, 1.807) is 13.8 Å². The van der Waals surface area contributed by atoms with Crippen molar-refractivity contribution in [3.05, 3.63) is 17.0 Å². The van der Waals surface area contributed by atoms with E-state index in [9.17, 15) is 18.3 Å². The fourth-order valence-electron chi connectivity index (χ4n) is 1.86. The molecule has 18 heavy (non-hydrogen) atoms. The van der Waals surface area contributed by atoms with Crippen molar-refractivity contribution in [2.45, 2.75) is 46.2 Å². The maximum absolute atomic E-state index is 11.8. The van der Waals surface area contributed by atoms with Crippen LogP contribution in [0.5, 0.6) is 0 Å². The molecular formula is C11H17F3N2O2.